The monoisotopic (exact) mass is 402 g/mol. The number of benzene rings is 1. The van der Waals surface area contributed by atoms with Crippen molar-refractivity contribution in [2.45, 2.75) is 44.7 Å². The molecule has 8 heteroatoms. The lowest BCUT2D eigenvalue weighted by molar-refractivity contribution is -0.137. The molecule has 2 N–H and O–H groups in total. The van der Waals surface area contributed by atoms with Crippen LogP contribution < -0.4 is 15.5 Å². The van der Waals surface area contributed by atoms with E-state index >= 15 is 0 Å². The van der Waals surface area contributed by atoms with Gasteiger partial charge >= 0.3 is 6.03 Å². The maximum absolute atomic E-state index is 13.2. The Hall–Kier alpha value is -2.64. The molecule has 1 aliphatic carbocycles. The highest BCUT2D eigenvalue weighted by Gasteiger charge is 2.56. The molecule has 29 heavy (non-hydrogen) atoms. The number of amides is 4. The number of nitrogens with zero attached hydrogens (tertiary/aromatic N) is 2. The van der Waals surface area contributed by atoms with Crippen LogP contribution in [0.1, 0.15) is 33.1 Å². The van der Waals surface area contributed by atoms with Crippen LogP contribution in [0.3, 0.4) is 0 Å². The first kappa shape index (κ1) is 19.7. The van der Waals surface area contributed by atoms with E-state index in [4.69, 9.17) is 0 Å². The summed E-state index contributed by atoms with van der Waals surface area (Å²) in [5.41, 5.74) is -0.00895. The van der Waals surface area contributed by atoms with Gasteiger partial charge in [-0.05, 0) is 56.4 Å². The molecule has 156 valence electrons. The number of nitrogens with one attached hydrogen (secondary N) is 2. The number of imide groups is 1. The van der Waals surface area contributed by atoms with Gasteiger partial charge in [0.15, 0.2) is 0 Å². The van der Waals surface area contributed by atoms with Crippen LogP contribution in [0.2, 0.25) is 0 Å². The molecule has 0 aromatic heterocycles. The Kier molecular flexibility index (Phi) is 4.96. The van der Waals surface area contributed by atoms with Gasteiger partial charge in [0.25, 0.3) is 5.91 Å². The molecule has 4 amide bonds. The molecule has 2 aliphatic heterocycles. The molecule has 3 atom stereocenters. The first-order chi connectivity index (χ1) is 13.8. The molecule has 0 bridgehead atoms. The number of carbonyl (C=O) groups excluding carboxylic acids is 3. The normalized spacial score (nSPS) is 28.2. The third-order valence-corrected chi connectivity index (χ3v) is 6.39. The van der Waals surface area contributed by atoms with Crippen molar-refractivity contribution in [2.75, 3.05) is 24.5 Å². The number of rotatable bonds is 5. The Labute approximate surface area is 169 Å². The maximum atomic E-state index is 13.2. The molecular weight excluding hydrogens is 375 g/mol. The fourth-order valence-electron chi connectivity index (χ4n) is 4.74. The first-order valence-electron chi connectivity index (χ1n) is 10.2. The largest absolute Gasteiger partial charge is 0.365 e. The molecule has 2 saturated heterocycles. The van der Waals surface area contributed by atoms with E-state index in [-0.39, 0.29) is 35.5 Å². The zero-order valence-electron chi connectivity index (χ0n) is 16.8. The molecule has 1 aromatic carbocycles. The van der Waals surface area contributed by atoms with Gasteiger partial charge in [-0.3, -0.25) is 14.9 Å². The van der Waals surface area contributed by atoms with Crippen LogP contribution in [0.15, 0.2) is 24.3 Å². The second kappa shape index (κ2) is 7.31. The second-order valence-corrected chi connectivity index (χ2v) is 8.56. The Bertz CT molecular complexity index is 826. The summed E-state index contributed by atoms with van der Waals surface area (Å²) in [6.07, 6.45) is 2.10. The number of urea groups is 1. The van der Waals surface area contributed by atoms with Crippen molar-refractivity contribution < 1.29 is 18.8 Å². The number of carbonyl (C=O) groups is 3. The lowest BCUT2D eigenvalue weighted by Gasteiger charge is -2.42. The minimum absolute atomic E-state index is 0.00424. The van der Waals surface area contributed by atoms with Gasteiger partial charge in [-0.2, -0.15) is 0 Å². The van der Waals surface area contributed by atoms with Crippen molar-refractivity contribution in [3.63, 3.8) is 0 Å². The average Bonchev–Trinajstić information content (AvgIpc) is 3.49. The van der Waals surface area contributed by atoms with Crippen molar-refractivity contribution in [3.05, 3.63) is 30.1 Å². The molecule has 3 aliphatic rings. The highest BCUT2D eigenvalue weighted by atomic mass is 19.1. The second-order valence-electron chi connectivity index (χ2n) is 8.56. The zero-order chi connectivity index (χ0) is 20.8. The number of halogens is 1. The van der Waals surface area contributed by atoms with E-state index in [0.29, 0.717) is 26.1 Å². The fraction of sp³-hybridized carbons (Fsp3) is 0.571. The maximum Gasteiger partial charge on any atom is 0.322 e. The molecule has 2 unspecified atom stereocenters. The van der Waals surface area contributed by atoms with Gasteiger partial charge in [-0.25, -0.2) is 9.18 Å². The molecule has 1 aromatic rings. The molecule has 3 fully saturated rings. The van der Waals surface area contributed by atoms with Gasteiger partial charge in [0.2, 0.25) is 5.91 Å². The molecule has 4 rings (SSSR count). The van der Waals surface area contributed by atoms with Crippen molar-refractivity contribution in [3.8, 4) is 0 Å². The molecule has 2 heterocycles. The van der Waals surface area contributed by atoms with E-state index < -0.39 is 11.6 Å². The van der Waals surface area contributed by atoms with Gasteiger partial charge in [0, 0.05) is 37.3 Å². The topological polar surface area (TPSA) is 81.8 Å². The van der Waals surface area contributed by atoms with Crippen LogP contribution in [-0.4, -0.2) is 54.0 Å². The van der Waals surface area contributed by atoms with Crippen molar-refractivity contribution >= 4 is 23.5 Å². The smallest absolute Gasteiger partial charge is 0.322 e. The number of piperazine rings is 1. The number of hydrogen-bond donors (Lipinski definition) is 2. The summed E-state index contributed by atoms with van der Waals surface area (Å²) in [5.74, 6) is -0.830. The lowest BCUT2D eigenvalue weighted by Crippen LogP contribution is -2.56. The minimum atomic E-state index is -0.951. The summed E-state index contributed by atoms with van der Waals surface area (Å²) in [7, 11) is 0. The summed E-state index contributed by atoms with van der Waals surface area (Å²) >= 11 is 0. The van der Waals surface area contributed by atoms with E-state index in [0.717, 1.165) is 18.5 Å². The average molecular weight is 402 g/mol. The summed E-state index contributed by atoms with van der Waals surface area (Å²) < 4.78 is 13.2. The summed E-state index contributed by atoms with van der Waals surface area (Å²) in [4.78, 5) is 41.3. The number of hydrogen-bond acceptors (Lipinski definition) is 4. The lowest BCUT2D eigenvalue weighted by atomic mass is 9.83. The molecule has 0 radical (unpaired) electrons. The highest BCUT2D eigenvalue weighted by molar-refractivity contribution is 6.07. The first-order valence-corrected chi connectivity index (χ1v) is 10.2. The van der Waals surface area contributed by atoms with Gasteiger partial charge in [0.1, 0.15) is 11.4 Å². The predicted molar refractivity (Wildman–Crippen MR) is 106 cm³/mol. The Morgan fingerprint density at radius 2 is 1.93 bits per heavy atom. The van der Waals surface area contributed by atoms with E-state index in [9.17, 15) is 18.8 Å². The summed E-state index contributed by atoms with van der Waals surface area (Å²) in [5, 5.41) is 5.14. The third kappa shape index (κ3) is 3.68. The Balaban J connectivity index is 1.40. The standard InChI is InChI=1S/C21H27FN4O3/c1-13(11-21(15-3-4-15)19(28)23-20(29)24-21)18(27)25-9-10-26(14(2)12-25)17-7-5-16(22)6-8-17/h5-8,13-15H,3-4,9-12H2,1-2H3,(H2,23,24,28,29)/t13?,14-,21?/m0/s1. The van der Waals surface area contributed by atoms with E-state index in [1.54, 1.807) is 12.1 Å². The predicted octanol–water partition coefficient (Wildman–Crippen LogP) is 1.88. The fourth-order valence-corrected chi connectivity index (χ4v) is 4.74. The van der Waals surface area contributed by atoms with Gasteiger partial charge in [-0.1, -0.05) is 6.92 Å². The molecule has 1 saturated carbocycles. The van der Waals surface area contributed by atoms with E-state index in [2.05, 4.69) is 15.5 Å². The van der Waals surface area contributed by atoms with E-state index in [1.807, 2.05) is 18.7 Å². The summed E-state index contributed by atoms with van der Waals surface area (Å²) in [6.45, 7) is 5.68. The van der Waals surface area contributed by atoms with Crippen LogP contribution in [0.5, 0.6) is 0 Å². The van der Waals surface area contributed by atoms with Crippen LogP contribution in [-0.2, 0) is 9.59 Å². The van der Waals surface area contributed by atoms with Crippen molar-refractivity contribution in [1.82, 2.24) is 15.5 Å². The van der Waals surface area contributed by atoms with Crippen molar-refractivity contribution in [2.24, 2.45) is 11.8 Å². The highest BCUT2D eigenvalue weighted by Crippen LogP contribution is 2.44. The third-order valence-electron chi connectivity index (χ3n) is 6.39. The van der Waals surface area contributed by atoms with E-state index in [1.165, 1.54) is 12.1 Å². The Morgan fingerprint density at radius 1 is 1.24 bits per heavy atom. The van der Waals surface area contributed by atoms with Crippen molar-refractivity contribution in [1.29, 1.82) is 0 Å². The van der Waals surface area contributed by atoms with Gasteiger partial charge in [-0.15, -0.1) is 0 Å². The SMILES string of the molecule is CC(CC1(C2CC2)NC(=O)NC1=O)C(=O)N1CCN(c2ccc(F)cc2)[C@@H](C)C1. The summed E-state index contributed by atoms with van der Waals surface area (Å²) in [6, 6.07) is 6.03. The van der Waals surface area contributed by atoms with Gasteiger partial charge in [0.05, 0.1) is 0 Å². The minimum Gasteiger partial charge on any atom is -0.365 e. The van der Waals surface area contributed by atoms with Crippen LogP contribution in [0.25, 0.3) is 0 Å². The molecule has 7 nitrogen and oxygen atoms in total. The Morgan fingerprint density at radius 3 is 2.48 bits per heavy atom. The quantitative estimate of drug-likeness (QED) is 0.737. The molecule has 0 spiro atoms. The van der Waals surface area contributed by atoms with Crippen LogP contribution >= 0.6 is 0 Å². The molecular formula is C21H27FN4O3. The van der Waals surface area contributed by atoms with Gasteiger partial charge < -0.3 is 15.1 Å². The van der Waals surface area contributed by atoms with Crippen LogP contribution in [0.4, 0.5) is 14.9 Å². The van der Waals surface area contributed by atoms with Crippen LogP contribution in [0, 0.1) is 17.7 Å². The zero-order valence-corrected chi connectivity index (χ0v) is 16.8. The number of anilines is 1.